The smallest absolute Gasteiger partial charge is 0.255 e. The molecule has 3 aromatic carbocycles. The van der Waals surface area contributed by atoms with Gasteiger partial charge in [0, 0.05) is 38.3 Å². The third-order valence-corrected chi connectivity index (χ3v) is 10.4. The molecule has 0 bridgehead atoms. The molecule has 1 saturated carbocycles. The largest absolute Gasteiger partial charge is 0.508 e. The first kappa shape index (κ1) is 35.6. The Kier molecular flexibility index (Phi) is 10.8. The number of aryl methyl sites for hydroxylation is 1. The Morgan fingerprint density at radius 1 is 1.00 bits per heavy atom. The number of halogens is 1. The van der Waals surface area contributed by atoms with Crippen molar-refractivity contribution in [3.8, 4) is 34.3 Å². The number of ether oxygens (including phenoxy) is 2. The Balaban J connectivity index is 0.973. The zero-order chi connectivity index (χ0) is 36.2. The van der Waals surface area contributed by atoms with E-state index in [1.165, 1.54) is 12.1 Å². The molecule has 11 heteroatoms. The number of nitrogens with one attached hydrogen (secondary N) is 2. The van der Waals surface area contributed by atoms with Gasteiger partial charge in [0.15, 0.2) is 5.78 Å². The summed E-state index contributed by atoms with van der Waals surface area (Å²) >= 11 is 0. The second-order valence-electron chi connectivity index (χ2n) is 14.3. The predicted molar refractivity (Wildman–Crippen MR) is 194 cm³/mol. The van der Waals surface area contributed by atoms with Crippen LogP contribution < -0.4 is 15.4 Å². The van der Waals surface area contributed by atoms with E-state index in [-0.39, 0.29) is 52.3 Å². The minimum absolute atomic E-state index is 0.0269. The normalized spacial score (nSPS) is 22.0. The molecule has 1 aromatic heterocycles. The van der Waals surface area contributed by atoms with Crippen LogP contribution in [0.4, 0.5) is 4.39 Å². The van der Waals surface area contributed by atoms with Crippen molar-refractivity contribution >= 4 is 11.7 Å². The quantitative estimate of drug-likeness (QED) is 0.101. The number of hydrogen-bond donors (Lipinski definition) is 4. The van der Waals surface area contributed by atoms with Gasteiger partial charge in [-0.1, -0.05) is 29.8 Å². The van der Waals surface area contributed by atoms with Crippen LogP contribution in [0.2, 0.25) is 0 Å². The van der Waals surface area contributed by atoms with Crippen molar-refractivity contribution in [1.82, 2.24) is 20.5 Å². The zero-order valence-corrected chi connectivity index (χ0v) is 29.3. The summed E-state index contributed by atoms with van der Waals surface area (Å²) in [7, 11) is 0. The third kappa shape index (κ3) is 8.61. The number of hydrogen-bond acceptors (Lipinski definition) is 9. The van der Waals surface area contributed by atoms with Crippen LogP contribution in [0.15, 0.2) is 72.9 Å². The summed E-state index contributed by atoms with van der Waals surface area (Å²) in [5.41, 5.74) is 4.08. The fraction of sp³-hybridized carbons (Fsp3) is 0.390. The lowest BCUT2D eigenvalue weighted by molar-refractivity contribution is 0.0915. The number of carbonyl (C=O) groups excluding carboxylic acids is 2. The first-order valence-electron chi connectivity index (χ1n) is 18.2. The molecule has 3 heterocycles. The summed E-state index contributed by atoms with van der Waals surface area (Å²) in [6.45, 7) is 5.67. The topological polar surface area (TPSA) is 143 Å². The van der Waals surface area contributed by atoms with Gasteiger partial charge in [0.1, 0.15) is 23.1 Å². The Morgan fingerprint density at radius 2 is 1.85 bits per heavy atom. The van der Waals surface area contributed by atoms with Gasteiger partial charge in [-0.25, -0.2) is 9.37 Å². The maximum atomic E-state index is 14.5. The van der Waals surface area contributed by atoms with Crippen molar-refractivity contribution in [2.24, 2.45) is 5.92 Å². The van der Waals surface area contributed by atoms with Gasteiger partial charge in [0.05, 0.1) is 30.0 Å². The van der Waals surface area contributed by atoms with Crippen LogP contribution in [0.3, 0.4) is 0 Å². The molecule has 3 aliphatic rings. The van der Waals surface area contributed by atoms with Gasteiger partial charge < -0.3 is 30.3 Å². The predicted octanol–water partition coefficient (Wildman–Crippen LogP) is 6.52. The maximum absolute atomic E-state index is 14.5. The molecule has 3 fully saturated rings. The first-order valence-corrected chi connectivity index (χ1v) is 18.2. The summed E-state index contributed by atoms with van der Waals surface area (Å²) in [6, 6.07) is 18.5. The number of aromatic hydroxyl groups is 2. The molecule has 2 atom stereocenters. The molecular weight excluding hydrogens is 663 g/mol. The number of benzene rings is 3. The highest BCUT2D eigenvalue weighted by Gasteiger charge is 2.45. The Morgan fingerprint density at radius 3 is 2.69 bits per heavy atom. The SMILES string of the molecule is Cc1ccc(O)c(C(=O)NC2CCC(CC3NC3C(=O)c3cc(F)cnc3Oc3cccc(-c4ccc(O)cc4CN4CCCOCC4)c3)CC2)c1. The number of carbonyl (C=O) groups is 2. The first-order chi connectivity index (χ1) is 25.2. The summed E-state index contributed by atoms with van der Waals surface area (Å²) in [5, 5.41) is 26.8. The average Bonchev–Trinajstić information content (AvgIpc) is 3.95. The molecule has 52 heavy (non-hydrogen) atoms. The van der Waals surface area contributed by atoms with E-state index >= 15 is 0 Å². The van der Waals surface area contributed by atoms with Gasteiger partial charge in [-0.2, -0.15) is 0 Å². The second kappa shape index (κ2) is 15.8. The van der Waals surface area contributed by atoms with Gasteiger partial charge in [0.25, 0.3) is 5.91 Å². The molecule has 2 saturated heterocycles. The fourth-order valence-electron chi connectivity index (χ4n) is 7.51. The summed E-state index contributed by atoms with van der Waals surface area (Å²) in [4.78, 5) is 33.0. The third-order valence-electron chi connectivity index (χ3n) is 10.4. The number of pyridine rings is 1. The van der Waals surface area contributed by atoms with Crippen LogP contribution in [0.1, 0.15) is 70.4 Å². The average molecular weight is 709 g/mol. The van der Waals surface area contributed by atoms with E-state index in [2.05, 4.69) is 20.5 Å². The molecular formula is C41H45FN4O6. The molecule has 1 amide bonds. The minimum Gasteiger partial charge on any atom is -0.508 e. The number of ketones is 1. The molecule has 7 rings (SSSR count). The van der Waals surface area contributed by atoms with Crippen LogP contribution in [-0.2, 0) is 11.3 Å². The summed E-state index contributed by atoms with van der Waals surface area (Å²) in [5.74, 6) is -0.0926. The standard InChI is InChI=1S/C41H45FN4O6/c1-25-6-13-37(48)34(18-25)40(50)44-30-9-7-26(8-10-30)19-36-38(45-36)39(49)35-22-29(42)23-43-41(35)52-32-5-2-4-27(21-32)33-12-11-31(47)20-28(33)24-46-14-3-16-51-17-15-46/h2,4-6,11-13,18,20-23,26,30,36,38,45,47-48H,3,7-10,14-17,19,24H2,1H3,(H,44,50). The number of phenolic OH excluding ortho intramolecular Hbond substituents is 2. The summed E-state index contributed by atoms with van der Waals surface area (Å²) in [6.07, 6.45) is 6.25. The highest BCUT2D eigenvalue weighted by atomic mass is 19.1. The molecule has 272 valence electrons. The van der Waals surface area contributed by atoms with Crippen molar-refractivity contribution in [2.45, 2.75) is 70.1 Å². The maximum Gasteiger partial charge on any atom is 0.255 e. The lowest BCUT2D eigenvalue weighted by Gasteiger charge is -2.29. The van der Waals surface area contributed by atoms with E-state index in [0.29, 0.717) is 24.8 Å². The van der Waals surface area contributed by atoms with Crippen molar-refractivity contribution < 1.29 is 33.7 Å². The van der Waals surface area contributed by atoms with Crippen LogP contribution in [0.5, 0.6) is 23.1 Å². The van der Waals surface area contributed by atoms with Crippen LogP contribution in [0.25, 0.3) is 11.1 Å². The second-order valence-corrected chi connectivity index (χ2v) is 14.3. The lowest BCUT2D eigenvalue weighted by Crippen LogP contribution is -2.38. The lowest BCUT2D eigenvalue weighted by atomic mass is 9.82. The number of aromatic nitrogens is 1. The zero-order valence-electron chi connectivity index (χ0n) is 29.3. The number of phenols is 2. The van der Waals surface area contributed by atoms with Crippen molar-refractivity contribution in [3.63, 3.8) is 0 Å². The van der Waals surface area contributed by atoms with E-state index < -0.39 is 11.9 Å². The van der Waals surface area contributed by atoms with E-state index in [1.54, 1.807) is 30.3 Å². The van der Waals surface area contributed by atoms with Gasteiger partial charge in [-0.3, -0.25) is 14.5 Å². The van der Waals surface area contributed by atoms with Crippen LogP contribution >= 0.6 is 0 Å². The number of amides is 1. The van der Waals surface area contributed by atoms with Crippen LogP contribution in [-0.4, -0.2) is 76.2 Å². The van der Waals surface area contributed by atoms with E-state index in [9.17, 15) is 24.2 Å². The number of nitrogens with zero attached hydrogens (tertiary/aromatic N) is 2. The minimum atomic E-state index is -0.617. The van der Waals surface area contributed by atoms with Gasteiger partial charge in [0.2, 0.25) is 5.88 Å². The molecule has 10 nitrogen and oxygen atoms in total. The highest BCUT2D eigenvalue weighted by molar-refractivity contribution is 6.04. The Bertz CT molecular complexity index is 1920. The fourth-order valence-corrected chi connectivity index (χ4v) is 7.51. The molecule has 0 spiro atoms. The Labute approximate surface area is 303 Å². The molecule has 2 aliphatic heterocycles. The molecule has 4 aromatic rings. The Hall–Kier alpha value is -4.84. The van der Waals surface area contributed by atoms with Crippen molar-refractivity contribution in [1.29, 1.82) is 0 Å². The van der Waals surface area contributed by atoms with Crippen molar-refractivity contribution in [3.05, 3.63) is 101 Å². The molecule has 2 unspecified atom stereocenters. The molecule has 0 radical (unpaired) electrons. The van der Waals surface area contributed by atoms with Crippen LogP contribution in [0, 0.1) is 18.7 Å². The van der Waals surface area contributed by atoms with E-state index in [4.69, 9.17) is 9.47 Å². The highest BCUT2D eigenvalue weighted by Crippen LogP contribution is 2.36. The van der Waals surface area contributed by atoms with E-state index in [0.717, 1.165) is 86.7 Å². The van der Waals surface area contributed by atoms with Gasteiger partial charge in [-0.05, 0) is 111 Å². The van der Waals surface area contributed by atoms with E-state index in [1.807, 2.05) is 31.2 Å². The van der Waals surface area contributed by atoms with Crippen molar-refractivity contribution in [2.75, 3.05) is 26.3 Å². The monoisotopic (exact) mass is 708 g/mol. The number of rotatable bonds is 11. The number of Topliss-reactive ketones (excluding diaryl/α,β-unsaturated/α-hetero) is 1. The molecule has 1 aliphatic carbocycles. The van der Waals surface area contributed by atoms with Gasteiger partial charge in [-0.15, -0.1) is 0 Å². The van der Waals surface area contributed by atoms with Gasteiger partial charge >= 0.3 is 0 Å². The summed E-state index contributed by atoms with van der Waals surface area (Å²) < 4.78 is 26.3. The molecule has 4 N–H and O–H groups in total.